The van der Waals surface area contributed by atoms with Crippen molar-refractivity contribution < 1.29 is 4.79 Å². The fourth-order valence-electron chi connectivity index (χ4n) is 0.972. The predicted molar refractivity (Wildman–Crippen MR) is 43.3 cm³/mol. The molecule has 0 spiro atoms. The van der Waals surface area contributed by atoms with Gasteiger partial charge in [-0.3, -0.25) is 4.79 Å². The van der Waals surface area contributed by atoms with Crippen LogP contribution < -0.4 is 11.1 Å². The van der Waals surface area contributed by atoms with Gasteiger partial charge in [0.1, 0.15) is 5.54 Å². The van der Waals surface area contributed by atoms with Crippen molar-refractivity contribution >= 4 is 5.91 Å². The number of hydrogen-bond acceptors (Lipinski definition) is 2. The van der Waals surface area contributed by atoms with E-state index in [1.54, 1.807) is 31.7 Å². The summed E-state index contributed by atoms with van der Waals surface area (Å²) in [4.78, 5) is 11.0. The van der Waals surface area contributed by atoms with Gasteiger partial charge in [0.05, 0.1) is 0 Å². The number of nitrogens with one attached hydrogen (secondary N) is 1. The highest BCUT2D eigenvalue weighted by atomic mass is 16.1. The average Bonchev–Trinajstić information content (AvgIpc) is 2.05. The summed E-state index contributed by atoms with van der Waals surface area (Å²) in [7, 11) is 0. The van der Waals surface area contributed by atoms with Gasteiger partial charge in [-0.15, -0.1) is 0 Å². The molecule has 3 nitrogen and oxygen atoms in total. The van der Waals surface area contributed by atoms with Crippen LogP contribution in [0.15, 0.2) is 24.4 Å². The molecular weight excluding hydrogens is 140 g/mol. The minimum atomic E-state index is -0.783. The lowest BCUT2D eigenvalue weighted by Gasteiger charge is -2.27. The molecule has 0 saturated carbocycles. The zero-order valence-electron chi connectivity index (χ0n) is 6.37. The quantitative estimate of drug-likeness (QED) is 0.588. The van der Waals surface area contributed by atoms with Gasteiger partial charge in [0.15, 0.2) is 0 Å². The molecular formula is C8H11N2O. The highest BCUT2D eigenvalue weighted by Gasteiger charge is 2.31. The van der Waals surface area contributed by atoms with Crippen LogP contribution in [0.4, 0.5) is 0 Å². The maximum atomic E-state index is 11.0. The third-order valence-electron chi connectivity index (χ3n) is 1.75. The first kappa shape index (κ1) is 7.85. The molecule has 0 aromatic carbocycles. The van der Waals surface area contributed by atoms with Crippen molar-refractivity contribution in [3.05, 3.63) is 30.8 Å². The van der Waals surface area contributed by atoms with E-state index in [2.05, 4.69) is 5.32 Å². The first-order valence-electron chi connectivity index (χ1n) is 3.44. The van der Waals surface area contributed by atoms with E-state index < -0.39 is 5.54 Å². The van der Waals surface area contributed by atoms with Crippen LogP contribution in [0.5, 0.6) is 0 Å². The van der Waals surface area contributed by atoms with Gasteiger partial charge in [0.2, 0.25) is 5.91 Å². The number of hydrogen-bond donors (Lipinski definition) is 2. The van der Waals surface area contributed by atoms with E-state index >= 15 is 0 Å². The van der Waals surface area contributed by atoms with E-state index in [-0.39, 0.29) is 5.91 Å². The van der Waals surface area contributed by atoms with Crippen molar-refractivity contribution in [2.45, 2.75) is 12.5 Å². The van der Waals surface area contributed by atoms with Crippen LogP contribution in [0.2, 0.25) is 0 Å². The molecule has 1 amide bonds. The number of nitrogens with two attached hydrogens (primary N) is 1. The lowest BCUT2D eigenvalue weighted by molar-refractivity contribution is -0.121. The third kappa shape index (κ3) is 1.27. The molecule has 0 aliphatic carbocycles. The maximum Gasteiger partial charge on any atom is 0.247 e. The molecule has 3 N–H and O–H groups in total. The second-order valence-corrected chi connectivity index (χ2v) is 2.38. The van der Waals surface area contributed by atoms with Crippen molar-refractivity contribution in [3.63, 3.8) is 0 Å². The van der Waals surface area contributed by atoms with E-state index in [0.717, 1.165) is 0 Å². The SMILES string of the molecule is C[CH]C1(C(N)=O)C=CC=CN1. The third-order valence-corrected chi connectivity index (χ3v) is 1.75. The summed E-state index contributed by atoms with van der Waals surface area (Å²) in [6.45, 7) is 1.79. The molecule has 0 bridgehead atoms. The predicted octanol–water partition coefficient (Wildman–Crippen LogP) is 0.108. The number of amides is 1. The molecule has 1 radical (unpaired) electrons. The largest absolute Gasteiger partial charge is 0.374 e. The topological polar surface area (TPSA) is 55.1 Å². The van der Waals surface area contributed by atoms with Gasteiger partial charge < -0.3 is 11.1 Å². The van der Waals surface area contributed by atoms with Crippen molar-refractivity contribution in [1.82, 2.24) is 5.32 Å². The summed E-state index contributed by atoms with van der Waals surface area (Å²) >= 11 is 0. The fourth-order valence-corrected chi connectivity index (χ4v) is 0.972. The number of dihydropyridines is 1. The summed E-state index contributed by atoms with van der Waals surface area (Å²) < 4.78 is 0. The zero-order chi connectivity index (χ0) is 8.32. The number of rotatable bonds is 2. The molecule has 1 aliphatic rings. The molecule has 11 heavy (non-hydrogen) atoms. The molecule has 1 atom stereocenters. The minimum Gasteiger partial charge on any atom is -0.374 e. The van der Waals surface area contributed by atoms with Gasteiger partial charge in [0, 0.05) is 0 Å². The normalized spacial score (nSPS) is 28.1. The minimum absolute atomic E-state index is 0.388. The average molecular weight is 151 g/mol. The standard InChI is InChI=1S/C8H11N2O/c1-2-8(7(9)11)5-3-4-6-10-8/h2-6,10H,1H3,(H2,9,11). The number of primary amides is 1. The van der Waals surface area contributed by atoms with Crippen molar-refractivity contribution in [2.75, 3.05) is 0 Å². The Labute approximate surface area is 66.0 Å². The van der Waals surface area contributed by atoms with Crippen molar-refractivity contribution in [1.29, 1.82) is 0 Å². The Morgan fingerprint density at radius 1 is 1.64 bits per heavy atom. The van der Waals surface area contributed by atoms with E-state index in [9.17, 15) is 4.79 Å². The summed E-state index contributed by atoms with van der Waals surface area (Å²) in [5.41, 5.74) is 4.41. The van der Waals surface area contributed by atoms with Gasteiger partial charge >= 0.3 is 0 Å². The van der Waals surface area contributed by atoms with E-state index in [0.29, 0.717) is 0 Å². The molecule has 1 heterocycles. The Bertz CT molecular complexity index is 220. The van der Waals surface area contributed by atoms with Crippen molar-refractivity contribution in [3.8, 4) is 0 Å². The van der Waals surface area contributed by atoms with Crippen LogP contribution >= 0.6 is 0 Å². The zero-order valence-corrected chi connectivity index (χ0v) is 6.37. The highest BCUT2D eigenvalue weighted by Crippen LogP contribution is 2.13. The summed E-state index contributed by atoms with van der Waals surface area (Å²) in [6.07, 6.45) is 8.77. The van der Waals surface area contributed by atoms with Crippen LogP contribution in [-0.2, 0) is 4.79 Å². The Kier molecular flexibility index (Phi) is 1.98. The van der Waals surface area contributed by atoms with Gasteiger partial charge in [-0.2, -0.15) is 0 Å². The molecule has 0 saturated heterocycles. The van der Waals surface area contributed by atoms with E-state index in [1.165, 1.54) is 0 Å². The van der Waals surface area contributed by atoms with Crippen LogP contribution in [0.25, 0.3) is 0 Å². The first-order valence-corrected chi connectivity index (χ1v) is 3.44. The molecule has 0 fully saturated rings. The smallest absolute Gasteiger partial charge is 0.247 e. The Balaban J connectivity index is 2.85. The maximum absolute atomic E-state index is 11.0. The summed E-state index contributed by atoms with van der Waals surface area (Å²) in [5.74, 6) is -0.388. The van der Waals surface area contributed by atoms with Gasteiger partial charge in [-0.1, -0.05) is 13.0 Å². The fraction of sp³-hybridized carbons (Fsp3) is 0.250. The van der Waals surface area contributed by atoms with Crippen LogP contribution in [-0.4, -0.2) is 11.4 Å². The number of carbonyl (C=O) groups is 1. The lowest BCUT2D eigenvalue weighted by atomic mass is 9.93. The Morgan fingerprint density at radius 2 is 2.36 bits per heavy atom. The van der Waals surface area contributed by atoms with Gasteiger partial charge in [-0.25, -0.2) is 0 Å². The molecule has 1 aliphatic heterocycles. The second kappa shape index (κ2) is 2.78. The molecule has 3 heteroatoms. The van der Waals surface area contributed by atoms with Crippen molar-refractivity contribution in [2.24, 2.45) is 5.73 Å². The number of allylic oxidation sites excluding steroid dienone is 2. The summed E-state index contributed by atoms with van der Waals surface area (Å²) in [5, 5.41) is 2.88. The molecule has 59 valence electrons. The van der Waals surface area contributed by atoms with Gasteiger partial charge in [0.25, 0.3) is 0 Å². The van der Waals surface area contributed by atoms with Crippen LogP contribution in [0.1, 0.15) is 6.92 Å². The first-order chi connectivity index (χ1) is 5.21. The Hall–Kier alpha value is -1.25. The summed E-state index contributed by atoms with van der Waals surface area (Å²) in [6, 6.07) is 0. The van der Waals surface area contributed by atoms with Crippen LogP contribution in [0, 0.1) is 6.42 Å². The Morgan fingerprint density at radius 3 is 2.64 bits per heavy atom. The van der Waals surface area contributed by atoms with Crippen LogP contribution in [0.3, 0.4) is 0 Å². The molecule has 1 rings (SSSR count). The lowest BCUT2D eigenvalue weighted by Crippen LogP contribution is -2.52. The monoisotopic (exact) mass is 151 g/mol. The highest BCUT2D eigenvalue weighted by molar-refractivity contribution is 5.89. The van der Waals surface area contributed by atoms with Gasteiger partial charge in [-0.05, 0) is 24.8 Å². The molecule has 0 aromatic rings. The molecule has 0 aromatic heterocycles. The molecule has 1 unspecified atom stereocenters. The number of carbonyl (C=O) groups excluding carboxylic acids is 1. The van der Waals surface area contributed by atoms with E-state index in [4.69, 9.17) is 5.73 Å². The van der Waals surface area contributed by atoms with E-state index in [1.807, 2.05) is 6.08 Å². The second-order valence-electron chi connectivity index (χ2n) is 2.38.